The van der Waals surface area contributed by atoms with Crippen molar-refractivity contribution in [1.82, 2.24) is 0 Å². The van der Waals surface area contributed by atoms with Gasteiger partial charge in [-0.15, -0.1) is 0 Å². The van der Waals surface area contributed by atoms with Crippen LogP contribution in [0.3, 0.4) is 0 Å². The Morgan fingerprint density at radius 1 is 0.507 bits per heavy atom. The van der Waals surface area contributed by atoms with Gasteiger partial charge in [-0.25, -0.2) is 14.4 Å². The highest BCUT2D eigenvalue weighted by Gasteiger charge is 2.86. The molecule has 1 aromatic rings. The van der Waals surface area contributed by atoms with E-state index in [0.717, 1.165) is 89.0 Å². The van der Waals surface area contributed by atoms with Crippen LogP contribution < -0.4 is 4.74 Å². The summed E-state index contributed by atoms with van der Waals surface area (Å²) in [5.74, 6) is -15.4. The van der Waals surface area contributed by atoms with Gasteiger partial charge >= 0.3 is 30.2 Å². The molecule has 4 bridgehead atoms. The van der Waals surface area contributed by atoms with Gasteiger partial charge in [0.05, 0.1) is 54.9 Å². The number of ether oxygens (including phenoxy) is 9. The van der Waals surface area contributed by atoms with E-state index in [1.54, 1.807) is 69.2 Å². The molecule has 0 aromatic heterocycles. The van der Waals surface area contributed by atoms with Crippen LogP contribution in [0.5, 0.6) is 5.75 Å². The van der Waals surface area contributed by atoms with Crippen LogP contribution in [0.2, 0.25) is 0 Å². The molecule has 8 fully saturated rings. The van der Waals surface area contributed by atoms with E-state index in [9.17, 15) is 84.2 Å². The minimum atomic E-state index is -2.24. The van der Waals surface area contributed by atoms with Crippen LogP contribution in [-0.2, 0) is 66.7 Å². The van der Waals surface area contributed by atoms with Crippen molar-refractivity contribution < 1.29 is 122 Å². The van der Waals surface area contributed by atoms with E-state index in [2.05, 4.69) is 154 Å². The van der Waals surface area contributed by atoms with Crippen molar-refractivity contribution in [3.63, 3.8) is 0 Å². The first-order chi connectivity index (χ1) is 65.5. The predicted molar refractivity (Wildman–Crippen MR) is 524 cm³/mol. The number of non-ortho nitro benzene ring substituents is 1. The van der Waals surface area contributed by atoms with Gasteiger partial charge < -0.3 is 78.4 Å². The van der Waals surface area contributed by atoms with Gasteiger partial charge in [0.25, 0.3) is 5.69 Å². The van der Waals surface area contributed by atoms with Crippen LogP contribution in [0.1, 0.15) is 246 Å². The predicted octanol–water partition coefficient (Wildman–Crippen LogP) is 19.1. The molecule has 7 N–H and O–H groups in total. The number of carbonyl (C=O) groups excluding carboxylic acids is 8. The van der Waals surface area contributed by atoms with E-state index < -0.39 is 181 Å². The maximum absolute atomic E-state index is 14.0. The number of aliphatic hydroxyl groups excluding tert-OH is 3. The maximum atomic E-state index is 14.0. The SMILES string of the molecule is CC/C=C\C/C=C\C/C=C\C/C=C\C/C=C\C/C=C\CCCOC(=O)O[C@@H]1C(=O)C=C(C)[C@@H]2C[C@H]3OC(=O)C(OC(=O)CC(O)(C(C)C)C(C)C)C4[C@@H](C)[C@@H](O)[C@]5(O)OC[C@@]43C5[C@@]12C.CC/C=C\C/C=C\C/C=C\C/C=C\C/C=C\C/C=C\CCCOC(=O)Oc1ccc([N+](=O)[O-])cc1.CC1=CC(=O)[C@@H](O)[C@]2(C)C3[C@]45CO[C@@]3(O)[C@H](O)[C@H](C)C4C(CC(=O)CC(O)(C(C)C)C(C)C)C(=O)O[C@@H]5C[C@@H]12. The number of benzene rings is 1. The number of aliphatic hydroxyl groups is 7. The summed E-state index contributed by atoms with van der Waals surface area (Å²) < 4.78 is 51.8. The summed E-state index contributed by atoms with van der Waals surface area (Å²) in [5, 5.41) is 92.5. The smallest absolute Gasteiger partial charge is 0.461 e. The zero-order valence-corrected chi connectivity index (χ0v) is 83.9. The fraction of sp³-hybridized carbons (Fsp3) is 0.622. The van der Waals surface area contributed by atoms with Gasteiger partial charge in [-0.05, 0) is 207 Å². The Balaban J connectivity index is 0.000000247. The lowest BCUT2D eigenvalue weighted by atomic mass is 9.37. The van der Waals surface area contributed by atoms with Crippen LogP contribution in [0.25, 0.3) is 0 Å². The lowest BCUT2D eigenvalue weighted by Gasteiger charge is -2.68. The van der Waals surface area contributed by atoms with Gasteiger partial charge in [-0.3, -0.25) is 34.1 Å². The average Bonchev–Trinajstić information content (AvgIpc) is 1.44. The number of fused-ring (bicyclic) bond motifs is 2. The van der Waals surface area contributed by atoms with Crippen molar-refractivity contribution in [1.29, 1.82) is 0 Å². The van der Waals surface area contributed by atoms with E-state index in [-0.39, 0.29) is 98.9 Å². The van der Waals surface area contributed by atoms with Crippen LogP contribution in [0.4, 0.5) is 15.3 Å². The fourth-order valence-corrected chi connectivity index (χ4v) is 24.0. The van der Waals surface area contributed by atoms with Gasteiger partial charge in [-0.2, -0.15) is 0 Å². The summed E-state index contributed by atoms with van der Waals surface area (Å²) in [6.07, 6.45) is 57.6. The van der Waals surface area contributed by atoms with Gasteiger partial charge in [-0.1, -0.05) is 254 Å². The first-order valence-electron chi connectivity index (χ1n) is 50.0. The number of nitro groups is 1. The highest BCUT2D eigenvalue weighted by molar-refractivity contribution is 5.98. The molecule has 6 aliphatic carbocycles. The second-order valence-electron chi connectivity index (χ2n) is 40.9. The van der Waals surface area contributed by atoms with Crippen molar-refractivity contribution in [3.8, 4) is 5.75 Å². The number of nitro benzene ring substituents is 1. The quantitative estimate of drug-likeness (QED) is 0.00607. The molecule has 2 spiro atoms. The monoisotopic (exact) mass is 1920 g/mol. The lowest BCUT2D eigenvalue weighted by Crippen LogP contribution is -2.78. The topological polar surface area (TPSA) is 404 Å². The molecule has 0 amide bonds. The molecule has 6 unspecified atom stereocenters. The second-order valence-corrected chi connectivity index (χ2v) is 40.9. The van der Waals surface area contributed by atoms with Gasteiger partial charge in [0.1, 0.15) is 42.1 Å². The molecule has 1 aromatic carbocycles. The molecule has 11 rings (SSSR count). The Morgan fingerprint density at radius 2 is 0.877 bits per heavy atom. The summed E-state index contributed by atoms with van der Waals surface area (Å²) in [4.78, 5) is 117. The molecule has 4 saturated carbocycles. The highest BCUT2D eigenvalue weighted by Crippen LogP contribution is 2.77. The van der Waals surface area contributed by atoms with Crippen molar-refractivity contribution in [3.05, 3.63) is 204 Å². The standard InChI is InChI=1S/C52H74O12.C30H44O9.C29H37NO5/c1-9-10-11-12-13-14-15-16-17-18-19-20-21-22-23-24-25-26-27-28-29-60-48(57)64-45-39(53)30-36(6)38-31-40-50-33-61-52(59,47(50)49(38,45)8)44(55)37(7)42(50)43(46(56)62-40)63-41(54)32-51(58,34(2)3)35(4)5;1-13(2)29(36,14(3)4)11-17(31)9-18-22-16(6)23(33)30(37)26-27(7)19(15(5)8-20(32)24(27)34)10-21(39-25(18)35)28(22,26)12-38-30;1-2-3-4-5-6-7-8-9-10-11-12-13-14-15-16-17-18-19-20-21-26-34-29(31)35-28-24-22-27(23-25-28)30(32)33/h10-11,13-14,16-17,19-20,22-23,25-26,30,34-35,37-38,40,42-45,47,55,58-59H,9,12,15,18,21,24,27-29,31-33H2,1-8H3;8,13-14,16,18-19,21-24,26,33-34,36-37H,9-12H2,1-7H3;3-4,6-7,9-10,12-13,15-16,18-19,22-25H,2,5,8,11,14,17,20-21,26H2,1H3/b11-10-,14-13-,17-16-,20-19-,23-22-,26-25-;;4-3-,7-6-,10-9-,13-12-,16-15-,19-18-/t37-,38+,40-,42?,43?,44-,45-,47?,49-,50+,52+;16-,18?,19+,21-,22?,23-,24-,26?,27-,28+,30+;/m11./s1. The third kappa shape index (κ3) is 25.0. The number of carbonyl (C=O) groups is 8. The fourth-order valence-electron chi connectivity index (χ4n) is 24.0. The molecule has 22 atom stereocenters. The van der Waals surface area contributed by atoms with Crippen molar-refractivity contribution in [2.24, 2.45) is 98.6 Å². The minimum Gasteiger partial charge on any atom is -0.461 e. The summed E-state index contributed by atoms with van der Waals surface area (Å²) in [7, 11) is 0. The van der Waals surface area contributed by atoms with Crippen molar-refractivity contribution in [2.45, 2.75) is 311 Å². The number of rotatable bonds is 44. The van der Waals surface area contributed by atoms with Gasteiger partial charge in [0, 0.05) is 64.4 Å². The van der Waals surface area contributed by atoms with E-state index in [1.165, 1.54) is 36.4 Å². The third-order valence-corrected chi connectivity index (χ3v) is 31.1. The zero-order valence-electron chi connectivity index (χ0n) is 83.9. The Morgan fingerprint density at radius 3 is 1.30 bits per heavy atom. The van der Waals surface area contributed by atoms with Gasteiger partial charge in [0.2, 0.25) is 6.10 Å². The molecule has 760 valence electrons. The summed E-state index contributed by atoms with van der Waals surface area (Å²) in [6.45, 7) is 29.5. The first kappa shape index (κ1) is 112. The molecule has 4 aliphatic heterocycles. The number of Topliss-reactive ketones (excluding diaryl/α,β-unsaturated/α-hetero) is 1. The van der Waals surface area contributed by atoms with Crippen LogP contribution in [0, 0.1) is 109 Å². The van der Waals surface area contributed by atoms with Crippen LogP contribution >= 0.6 is 0 Å². The molecular weight excluding hydrogens is 1760 g/mol. The van der Waals surface area contributed by atoms with Crippen LogP contribution in [0.15, 0.2) is 193 Å². The molecule has 27 heteroatoms. The number of hydrogen-bond donors (Lipinski definition) is 7. The van der Waals surface area contributed by atoms with E-state index in [1.807, 2.05) is 33.8 Å². The third-order valence-electron chi connectivity index (χ3n) is 31.1. The molecule has 10 aliphatic rings. The summed E-state index contributed by atoms with van der Waals surface area (Å²) in [6, 6.07) is 5.25. The number of unbranched alkanes of at least 4 members (excludes halogenated alkanes) is 2. The summed E-state index contributed by atoms with van der Waals surface area (Å²) >= 11 is 0. The summed E-state index contributed by atoms with van der Waals surface area (Å²) in [5.41, 5.74) is -6.19. The minimum absolute atomic E-state index is 0.0310. The zero-order chi connectivity index (χ0) is 101. The van der Waals surface area contributed by atoms with Crippen molar-refractivity contribution >= 4 is 53.3 Å². The molecule has 4 saturated heterocycles. The molecule has 138 heavy (non-hydrogen) atoms. The molecular formula is C111H155NO26. The number of allylic oxidation sites excluding steroid dienone is 26. The Hall–Kier alpha value is -9.42. The number of esters is 3. The van der Waals surface area contributed by atoms with Crippen LogP contribution in [-0.4, -0.2) is 180 Å². The first-order valence-corrected chi connectivity index (χ1v) is 50.0. The second kappa shape index (κ2) is 50.3. The molecule has 4 heterocycles. The Bertz CT molecular complexity index is 4760. The highest BCUT2D eigenvalue weighted by atomic mass is 16.7. The number of hydrogen-bond acceptors (Lipinski definition) is 26. The maximum Gasteiger partial charge on any atom is 0.513 e. The normalized spacial score (nSPS) is 32.1. The number of nitrogens with zero attached hydrogens (tertiary/aromatic N) is 1. The van der Waals surface area contributed by atoms with E-state index in [4.69, 9.17) is 42.6 Å². The van der Waals surface area contributed by atoms with Gasteiger partial charge in [0.15, 0.2) is 29.2 Å². The largest absolute Gasteiger partial charge is 0.513 e. The molecule has 27 nitrogen and oxygen atoms in total. The lowest BCUT2D eigenvalue weighted by molar-refractivity contribution is -0.384. The van der Waals surface area contributed by atoms with E-state index >= 15 is 0 Å². The number of ketones is 3. The van der Waals surface area contributed by atoms with E-state index in [0.29, 0.717) is 31.3 Å². The Labute approximate surface area is 816 Å². The Kier molecular flexibility index (Phi) is 40.9. The average molecular weight is 1920 g/mol. The molecule has 0 radical (unpaired) electrons. The van der Waals surface area contributed by atoms with Crippen molar-refractivity contribution in [2.75, 3.05) is 26.4 Å².